The van der Waals surface area contributed by atoms with E-state index in [9.17, 15) is 0 Å². The zero-order valence-electron chi connectivity index (χ0n) is 11.6. The molecule has 1 aliphatic rings. The minimum atomic E-state index is 0.320. The fourth-order valence-electron chi connectivity index (χ4n) is 2.85. The molecule has 1 saturated carbocycles. The number of aromatic nitrogens is 2. The fourth-order valence-corrected chi connectivity index (χ4v) is 2.85. The summed E-state index contributed by atoms with van der Waals surface area (Å²) in [6.07, 6.45) is 7.79. The van der Waals surface area contributed by atoms with Crippen LogP contribution in [0.2, 0.25) is 0 Å². The lowest BCUT2D eigenvalue weighted by Gasteiger charge is -2.17. The van der Waals surface area contributed by atoms with Gasteiger partial charge < -0.3 is 10.5 Å². The quantitative estimate of drug-likeness (QED) is 0.909. The summed E-state index contributed by atoms with van der Waals surface area (Å²) >= 11 is 0. The van der Waals surface area contributed by atoms with Gasteiger partial charge >= 0.3 is 0 Å². The van der Waals surface area contributed by atoms with Crippen molar-refractivity contribution in [1.82, 2.24) is 9.78 Å². The topological polar surface area (TPSA) is 53.1 Å². The van der Waals surface area contributed by atoms with Gasteiger partial charge in [0.1, 0.15) is 0 Å². The maximum Gasteiger partial charge on any atom is 0.0751 e. The summed E-state index contributed by atoms with van der Waals surface area (Å²) in [5.74, 6) is 0.527. The molecule has 1 aromatic heterocycles. The van der Waals surface area contributed by atoms with Crippen molar-refractivity contribution in [3.63, 3.8) is 0 Å². The molecule has 2 N–H and O–H groups in total. The first-order valence-corrected chi connectivity index (χ1v) is 7.27. The number of ether oxygens (including phenoxy) is 1. The van der Waals surface area contributed by atoms with Gasteiger partial charge in [-0.05, 0) is 37.4 Å². The van der Waals surface area contributed by atoms with E-state index in [0.29, 0.717) is 18.6 Å². The third kappa shape index (κ3) is 2.92. The van der Waals surface area contributed by atoms with Gasteiger partial charge in [-0.1, -0.05) is 24.6 Å². The van der Waals surface area contributed by atoms with Crippen molar-refractivity contribution in [1.29, 1.82) is 0 Å². The van der Waals surface area contributed by atoms with Gasteiger partial charge in [-0.25, -0.2) is 4.68 Å². The summed E-state index contributed by atoms with van der Waals surface area (Å²) in [6, 6.07) is 10.1. The van der Waals surface area contributed by atoms with Crippen LogP contribution in [0.25, 0.3) is 5.69 Å². The molecule has 0 bridgehead atoms. The molecule has 20 heavy (non-hydrogen) atoms. The normalized spacial score (nSPS) is 22.2. The summed E-state index contributed by atoms with van der Waals surface area (Å²) in [6.45, 7) is 1.35. The number of benzene rings is 1. The number of rotatable bonds is 5. The standard InChI is InChI=1S/C16H21N3O/c17-9-14-5-4-8-16(14)20-12-13-10-18-19(11-13)15-6-2-1-3-7-15/h1-3,6-7,10-11,14,16H,4-5,8-9,12,17H2. The van der Waals surface area contributed by atoms with Crippen LogP contribution in [0.3, 0.4) is 0 Å². The Kier molecular flexibility index (Phi) is 4.14. The minimum absolute atomic E-state index is 0.320. The highest BCUT2D eigenvalue weighted by Crippen LogP contribution is 2.28. The van der Waals surface area contributed by atoms with E-state index in [2.05, 4.69) is 5.10 Å². The molecule has 3 rings (SSSR count). The lowest BCUT2D eigenvalue weighted by molar-refractivity contribution is 0.0182. The van der Waals surface area contributed by atoms with Crippen LogP contribution in [0.15, 0.2) is 42.7 Å². The molecule has 1 heterocycles. The first-order chi connectivity index (χ1) is 9.86. The van der Waals surface area contributed by atoms with Gasteiger partial charge in [-0.15, -0.1) is 0 Å². The Balaban J connectivity index is 1.60. The molecular formula is C16H21N3O. The van der Waals surface area contributed by atoms with E-state index in [1.807, 2.05) is 47.4 Å². The first kappa shape index (κ1) is 13.3. The van der Waals surface area contributed by atoms with E-state index in [4.69, 9.17) is 10.5 Å². The van der Waals surface area contributed by atoms with Crippen molar-refractivity contribution >= 4 is 0 Å². The Morgan fingerprint density at radius 3 is 2.90 bits per heavy atom. The summed E-state index contributed by atoms with van der Waals surface area (Å²) in [7, 11) is 0. The molecular weight excluding hydrogens is 250 g/mol. The van der Waals surface area contributed by atoms with Gasteiger partial charge in [0, 0.05) is 11.8 Å². The zero-order chi connectivity index (χ0) is 13.8. The average molecular weight is 271 g/mol. The van der Waals surface area contributed by atoms with Crippen molar-refractivity contribution in [2.24, 2.45) is 11.7 Å². The van der Waals surface area contributed by atoms with Crippen molar-refractivity contribution in [2.75, 3.05) is 6.54 Å². The van der Waals surface area contributed by atoms with E-state index in [1.54, 1.807) is 0 Å². The molecule has 0 amide bonds. The number of nitrogens with zero attached hydrogens (tertiary/aromatic N) is 2. The van der Waals surface area contributed by atoms with Crippen molar-refractivity contribution < 1.29 is 4.74 Å². The number of hydrogen-bond donors (Lipinski definition) is 1. The van der Waals surface area contributed by atoms with Crippen LogP contribution in [0.5, 0.6) is 0 Å². The molecule has 1 fully saturated rings. The highest BCUT2D eigenvalue weighted by Gasteiger charge is 2.26. The lowest BCUT2D eigenvalue weighted by Crippen LogP contribution is -2.25. The Bertz CT molecular complexity index is 538. The highest BCUT2D eigenvalue weighted by molar-refractivity contribution is 5.30. The lowest BCUT2D eigenvalue weighted by atomic mass is 10.1. The predicted molar refractivity (Wildman–Crippen MR) is 78.5 cm³/mol. The van der Waals surface area contributed by atoms with Gasteiger partial charge in [-0.2, -0.15) is 5.10 Å². The van der Waals surface area contributed by atoms with Crippen LogP contribution in [-0.4, -0.2) is 22.4 Å². The van der Waals surface area contributed by atoms with Crippen LogP contribution >= 0.6 is 0 Å². The number of nitrogens with two attached hydrogens (primary N) is 1. The van der Waals surface area contributed by atoms with Crippen LogP contribution in [0, 0.1) is 5.92 Å². The number of hydrogen-bond acceptors (Lipinski definition) is 3. The average Bonchev–Trinajstić information content (AvgIpc) is 3.15. The molecule has 106 valence electrons. The SMILES string of the molecule is NCC1CCCC1OCc1cnn(-c2ccccc2)c1. The monoisotopic (exact) mass is 271 g/mol. The molecule has 4 nitrogen and oxygen atoms in total. The van der Waals surface area contributed by atoms with E-state index >= 15 is 0 Å². The van der Waals surface area contributed by atoms with Gasteiger partial charge in [0.05, 0.1) is 24.6 Å². The second-order valence-electron chi connectivity index (χ2n) is 5.40. The van der Waals surface area contributed by atoms with E-state index in [-0.39, 0.29) is 0 Å². The van der Waals surface area contributed by atoms with Gasteiger partial charge in [0.2, 0.25) is 0 Å². The Morgan fingerprint density at radius 1 is 1.25 bits per heavy atom. The van der Waals surface area contributed by atoms with Crippen molar-refractivity contribution in [2.45, 2.75) is 32.0 Å². The molecule has 2 aromatic rings. The van der Waals surface area contributed by atoms with Crippen molar-refractivity contribution in [3.8, 4) is 5.69 Å². The van der Waals surface area contributed by atoms with Gasteiger partial charge in [-0.3, -0.25) is 0 Å². The molecule has 0 radical (unpaired) electrons. The third-order valence-electron chi connectivity index (χ3n) is 4.01. The Labute approximate surface area is 119 Å². The third-order valence-corrected chi connectivity index (χ3v) is 4.01. The summed E-state index contributed by atoms with van der Waals surface area (Å²) in [5.41, 5.74) is 7.95. The molecule has 4 heteroatoms. The smallest absolute Gasteiger partial charge is 0.0751 e. The van der Waals surface area contributed by atoms with Gasteiger partial charge in [0.15, 0.2) is 0 Å². The van der Waals surface area contributed by atoms with E-state index in [1.165, 1.54) is 12.8 Å². The van der Waals surface area contributed by atoms with E-state index < -0.39 is 0 Å². The maximum atomic E-state index is 6.01. The predicted octanol–water partition coefficient (Wildman–Crippen LogP) is 2.52. The zero-order valence-corrected chi connectivity index (χ0v) is 11.6. The molecule has 1 aromatic carbocycles. The van der Waals surface area contributed by atoms with Crippen LogP contribution in [0.4, 0.5) is 0 Å². The number of para-hydroxylation sites is 1. The molecule has 0 spiro atoms. The largest absolute Gasteiger partial charge is 0.373 e. The molecule has 2 atom stereocenters. The van der Waals surface area contributed by atoms with Crippen LogP contribution in [0.1, 0.15) is 24.8 Å². The maximum absolute atomic E-state index is 6.01. The minimum Gasteiger partial charge on any atom is -0.373 e. The molecule has 0 aliphatic heterocycles. The summed E-state index contributed by atoms with van der Waals surface area (Å²) < 4.78 is 7.89. The second-order valence-corrected chi connectivity index (χ2v) is 5.40. The summed E-state index contributed by atoms with van der Waals surface area (Å²) in [4.78, 5) is 0. The van der Waals surface area contributed by atoms with Gasteiger partial charge in [0.25, 0.3) is 0 Å². The van der Waals surface area contributed by atoms with Crippen LogP contribution < -0.4 is 5.73 Å². The Hall–Kier alpha value is -1.65. The second kappa shape index (κ2) is 6.20. The molecule has 2 unspecified atom stereocenters. The van der Waals surface area contributed by atoms with Crippen LogP contribution in [-0.2, 0) is 11.3 Å². The Morgan fingerprint density at radius 2 is 2.10 bits per heavy atom. The van der Waals surface area contributed by atoms with Crippen molar-refractivity contribution in [3.05, 3.63) is 48.3 Å². The first-order valence-electron chi connectivity index (χ1n) is 7.27. The fraction of sp³-hybridized carbons (Fsp3) is 0.438. The highest BCUT2D eigenvalue weighted by atomic mass is 16.5. The summed E-state index contributed by atoms with van der Waals surface area (Å²) in [5, 5.41) is 4.38. The van der Waals surface area contributed by atoms with E-state index in [0.717, 1.165) is 24.2 Å². The molecule has 0 saturated heterocycles. The molecule has 1 aliphatic carbocycles.